The molecule has 17 heavy (non-hydrogen) atoms. The third-order valence-corrected chi connectivity index (χ3v) is 3.51. The zero-order valence-electron chi connectivity index (χ0n) is 10.2. The predicted octanol–water partition coefficient (Wildman–Crippen LogP) is 3.60. The molecule has 1 nitrogen and oxygen atoms in total. The Labute approximate surface area is 101 Å². The van der Waals surface area contributed by atoms with E-state index in [2.05, 4.69) is 12.2 Å². The highest BCUT2D eigenvalue weighted by atomic mass is 19.1. The first kappa shape index (κ1) is 12.5. The lowest BCUT2D eigenvalue weighted by Crippen LogP contribution is -2.26. The summed E-state index contributed by atoms with van der Waals surface area (Å²) < 4.78 is 26.7. The van der Waals surface area contributed by atoms with Crippen molar-refractivity contribution in [1.29, 1.82) is 0 Å². The van der Waals surface area contributed by atoms with Gasteiger partial charge in [-0.1, -0.05) is 6.92 Å². The molecule has 1 fully saturated rings. The van der Waals surface area contributed by atoms with Gasteiger partial charge < -0.3 is 5.32 Å². The van der Waals surface area contributed by atoms with Crippen LogP contribution < -0.4 is 5.32 Å². The maximum atomic E-state index is 13.6. The molecule has 1 aromatic rings. The van der Waals surface area contributed by atoms with Gasteiger partial charge in [-0.05, 0) is 61.9 Å². The first-order chi connectivity index (χ1) is 8.20. The summed E-state index contributed by atoms with van der Waals surface area (Å²) in [5, 5.41) is 3.45. The monoisotopic (exact) mass is 239 g/mol. The third kappa shape index (κ3) is 3.03. The summed E-state index contributed by atoms with van der Waals surface area (Å²) in [6.45, 7) is 3.13. The van der Waals surface area contributed by atoms with Crippen molar-refractivity contribution in [3.8, 4) is 0 Å². The van der Waals surface area contributed by atoms with Crippen molar-refractivity contribution in [2.24, 2.45) is 0 Å². The van der Waals surface area contributed by atoms with E-state index in [0.717, 1.165) is 32.2 Å². The van der Waals surface area contributed by atoms with Crippen molar-refractivity contribution in [2.45, 2.75) is 44.6 Å². The van der Waals surface area contributed by atoms with Gasteiger partial charge in [-0.25, -0.2) is 8.78 Å². The second-order valence-corrected chi connectivity index (χ2v) is 4.83. The molecule has 0 aliphatic heterocycles. The fourth-order valence-corrected chi connectivity index (χ4v) is 2.63. The molecular formula is C14H19F2N. The van der Waals surface area contributed by atoms with Crippen LogP contribution in [0.2, 0.25) is 0 Å². The summed E-state index contributed by atoms with van der Waals surface area (Å²) in [5.74, 6) is -0.445. The summed E-state index contributed by atoms with van der Waals surface area (Å²) in [6.07, 6.45) is 4.03. The van der Waals surface area contributed by atoms with Crippen molar-refractivity contribution in [3.05, 3.63) is 35.4 Å². The van der Waals surface area contributed by atoms with E-state index >= 15 is 0 Å². The molecule has 0 bridgehead atoms. The van der Waals surface area contributed by atoms with Crippen molar-refractivity contribution in [2.75, 3.05) is 6.54 Å². The van der Waals surface area contributed by atoms with Crippen LogP contribution in [0.25, 0.3) is 0 Å². The number of halogens is 2. The lowest BCUT2D eigenvalue weighted by molar-refractivity contribution is 0.510. The highest BCUT2D eigenvalue weighted by Crippen LogP contribution is 2.35. The minimum atomic E-state index is -0.341. The number of hydrogen-bond acceptors (Lipinski definition) is 1. The molecule has 0 aromatic heterocycles. The normalized spacial score (nSPS) is 24.2. The predicted molar refractivity (Wildman–Crippen MR) is 65.0 cm³/mol. The lowest BCUT2D eigenvalue weighted by Gasteiger charge is -2.13. The summed E-state index contributed by atoms with van der Waals surface area (Å²) in [6, 6.07) is 4.22. The highest BCUT2D eigenvalue weighted by Gasteiger charge is 2.27. The van der Waals surface area contributed by atoms with Crippen LogP contribution in [0.4, 0.5) is 8.78 Å². The second kappa shape index (κ2) is 5.58. The van der Waals surface area contributed by atoms with Gasteiger partial charge >= 0.3 is 0 Å². The Bertz CT molecular complexity index is 378. The number of nitrogens with one attached hydrogen (secondary N) is 1. The number of hydrogen-bond donors (Lipinski definition) is 1. The van der Waals surface area contributed by atoms with Crippen molar-refractivity contribution in [3.63, 3.8) is 0 Å². The molecule has 0 amide bonds. The first-order valence-electron chi connectivity index (χ1n) is 6.39. The van der Waals surface area contributed by atoms with E-state index in [0.29, 0.717) is 11.6 Å². The minimum Gasteiger partial charge on any atom is -0.314 e. The average Bonchev–Trinajstić information content (AvgIpc) is 2.78. The van der Waals surface area contributed by atoms with Gasteiger partial charge in [-0.2, -0.15) is 0 Å². The maximum absolute atomic E-state index is 13.6. The quantitative estimate of drug-likeness (QED) is 0.846. The van der Waals surface area contributed by atoms with Crippen LogP contribution in [-0.4, -0.2) is 12.6 Å². The molecule has 3 heteroatoms. The number of rotatable bonds is 4. The Balaban J connectivity index is 2.02. The van der Waals surface area contributed by atoms with E-state index < -0.39 is 0 Å². The molecule has 0 saturated heterocycles. The second-order valence-electron chi connectivity index (χ2n) is 4.83. The topological polar surface area (TPSA) is 12.0 Å². The van der Waals surface area contributed by atoms with Gasteiger partial charge in [0.05, 0.1) is 0 Å². The van der Waals surface area contributed by atoms with Crippen LogP contribution in [0.1, 0.15) is 44.1 Å². The molecule has 0 heterocycles. The molecule has 1 aliphatic carbocycles. The van der Waals surface area contributed by atoms with Gasteiger partial charge in [0.1, 0.15) is 11.6 Å². The molecule has 1 aromatic carbocycles. The lowest BCUT2D eigenvalue weighted by atomic mass is 9.97. The van der Waals surface area contributed by atoms with E-state index in [1.807, 2.05) is 0 Å². The molecule has 94 valence electrons. The standard InChI is InChI=1S/C14H19F2N/c1-2-7-17-12-5-3-10(8-12)13-9-11(15)4-6-14(13)16/h4,6,9-10,12,17H,2-3,5,7-8H2,1H3. The van der Waals surface area contributed by atoms with Crippen LogP contribution >= 0.6 is 0 Å². The van der Waals surface area contributed by atoms with E-state index in [1.165, 1.54) is 18.2 Å². The van der Waals surface area contributed by atoms with E-state index in [1.54, 1.807) is 0 Å². The van der Waals surface area contributed by atoms with Gasteiger partial charge in [-0.3, -0.25) is 0 Å². The van der Waals surface area contributed by atoms with Crippen molar-refractivity contribution >= 4 is 0 Å². The van der Waals surface area contributed by atoms with Crippen LogP contribution in [0.3, 0.4) is 0 Å². The highest BCUT2D eigenvalue weighted by molar-refractivity contribution is 5.24. The fraction of sp³-hybridized carbons (Fsp3) is 0.571. The SMILES string of the molecule is CCCNC1CCC(c2cc(F)ccc2F)C1. The third-order valence-electron chi connectivity index (χ3n) is 3.51. The maximum Gasteiger partial charge on any atom is 0.126 e. The minimum absolute atomic E-state index is 0.167. The average molecular weight is 239 g/mol. The van der Waals surface area contributed by atoms with Gasteiger partial charge in [0.25, 0.3) is 0 Å². The Morgan fingerprint density at radius 2 is 2.12 bits per heavy atom. The molecule has 1 saturated carbocycles. The van der Waals surface area contributed by atoms with E-state index in [9.17, 15) is 8.78 Å². The van der Waals surface area contributed by atoms with Crippen LogP contribution in [0, 0.1) is 11.6 Å². The van der Waals surface area contributed by atoms with Crippen LogP contribution in [0.15, 0.2) is 18.2 Å². The molecule has 1 N–H and O–H groups in total. The molecule has 2 rings (SSSR count). The van der Waals surface area contributed by atoms with Crippen LogP contribution in [-0.2, 0) is 0 Å². The summed E-state index contributed by atoms with van der Waals surface area (Å²) >= 11 is 0. The molecule has 2 atom stereocenters. The Hall–Kier alpha value is -0.960. The molecule has 0 radical (unpaired) electrons. The van der Waals surface area contributed by atoms with Crippen molar-refractivity contribution in [1.82, 2.24) is 5.32 Å². The Morgan fingerprint density at radius 1 is 1.29 bits per heavy atom. The molecule has 1 aliphatic rings. The summed E-state index contributed by atoms with van der Waals surface area (Å²) in [5.41, 5.74) is 0.547. The summed E-state index contributed by atoms with van der Waals surface area (Å²) in [4.78, 5) is 0. The summed E-state index contributed by atoms with van der Waals surface area (Å²) in [7, 11) is 0. The fourth-order valence-electron chi connectivity index (χ4n) is 2.63. The van der Waals surface area contributed by atoms with Gasteiger partial charge in [-0.15, -0.1) is 0 Å². The van der Waals surface area contributed by atoms with Crippen LogP contribution in [0.5, 0.6) is 0 Å². The van der Waals surface area contributed by atoms with E-state index in [-0.39, 0.29) is 17.6 Å². The Kier molecular flexibility index (Phi) is 4.11. The first-order valence-corrected chi connectivity index (χ1v) is 6.39. The van der Waals surface area contributed by atoms with Gasteiger partial charge in [0.15, 0.2) is 0 Å². The zero-order valence-corrected chi connectivity index (χ0v) is 10.2. The molecular weight excluding hydrogens is 220 g/mol. The Morgan fingerprint density at radius 3 is 2.88 bits per heavy atom. The van der Waals surface area contributed by atoms with Gasteiger partial charge in [0, 0.05) is 6.04 Å². The molecule has 0 spiro atoms. The largest absolute Gasteiger partial charge is 0.314 e. The molecule has 2 unspecified atom stereocenters. The van der Waals surface area contributed by atoms with Crippen molar-refractivity contribution < 1.29 is 8.78 Å². The van der Waals surface area contributed by atoms with Gasteiger partial charge in [0.2, 0.25) is 0 Å². The zero-order chi connectivity index (χ0) is 12.3. The smallest absolute Gasteiger partial charge is 0.126 e. The number of benzene rings is 1. The van der Waals surface area contributed by atoms with E-state index in [4.69, 9.17) is 0 Å².